The summed E-state index contributed by atoms with van der Waals surface area (Å²) in [7, 11) is 0. The van der Waals surface area contributed by atoms with Gasteiger partial charge < -0.3 is 5.11 Å². The Bertz CT molecular complexity index is 590. The van der Waals surface area contributed by atoms with Gasteiger partial charge in [-0.05, 0) is 33.3 Å². The first-order valence-electron chi connectivity index (χ1n) is 7.94. The molecule has 120 valence electrons. The number of aliphatic hydroxyl groups is 1. The molecule has 0 radical (unpaired) electrons. The van der Waals surface area contributed by atoms with Gasteiger partial charge in [-0.2, -0.15) is 5.10 Å². The van der Waals surface area contributed by atoms with Crippen LogP contribution in [0.5, 0.6) is 0 Å². The van der Waals surface area contributed by atoms with Crippen LogP contribution in [0, 0.1) is 13.8 Å². The molecule has 0 unspecified atom stereocenters. The van der Waals surface area contributed by atoms with Crippen LogP contribution in [0.25, 0.3) is 0 Å². The van der Waals surface area contributed by atoms with Crippen molar-refractivity contribution < 1.29 is 5.11 Å². The van der Waals surface area contributed by atoms with Gasteiger partial charge in [0.1, 0.15) is 0 Å². The number of benzene rings is 1. The van der Waals surface area contributed by atoms with Crippen molar-refractivity contribution >= 4 is 0 Å². The van der Waals surface area contributed by atoms with Crippen LogP contribution < -0.4 is 0 Å². The summed E-state index contributed by atoms with van der Waals surface area (Å²) in [4.78, 5) is 2.45. The van der Waals surface area contributed by atoms with E-state index in [0.717, 1.165) is 24.5 Å². The van der Waals surface area contributed by atoms with E-state index in [1.54, 1.807) is 0 Å². The fourth-order valence-electron chi connectivity index (χ4n) is 2.72. The minimum Gasteiger partial charge on any atom is -0.394 e. The van der Waals surface area contributed by atoms with Crippen molar-refractivity contribution in [3.05, 3.63) is 52.8 Å². The number of aromatic nitrogens is 2. The topological polar surface area (TPSA) is 41.3 Å². The largest absolute Gasteiger partial charge is 0.394 e. The molecule has 0 bridgehead atoms. The van der Waals surface area contributed by atoms with Gasteiger partial charge in [0.15, 0.2) is 0 Å². The summed E-state index contributed by atoms with van der Waals surface area (Å²) >= 11 is 0. The molecule has 1 heterocycles. The van der Waals surface area contributed by atoms with Crippen LogP contribution in [-0.2, 0) is 19.6 Å². The van der Waals surface area contributed by atoms with Crippen molar-refractivity contribution in [1.29, 1.82) is 0 Å². The van der Waals surface area contributed by atoms with Gasteiger partial charge in [0, 0.05) is 30.4 Å². The molecule has 0 saturated heterocycles. The monoisotopic (exact) mass is 301 g/mol. The Labute approximate surface area is 133 Å². The van der Waals surface area contributed by atoms with E-state index in [-0.39, 0.29) is 6.61 Å². The number of aryl methyl sites for hydroxylation is 1. The standard InChI is InChI=1S/C18H27N3O/c1-14(2)20(12-17-8-6-5-7-9-17)13-18-15(3)19-21(10-11-22)16(18)4/h5-9,14,22H,10-13H2,1-4H3. The highest BCUT2D eigenvalue weighted by Gasteiger charge is 2.17. The average molecular weight is 301 g/mol. The third-order valence-electron chi connectivity index (χ3n) is 4.16. The summed E-state index contributed by atoms with van der Waals surface area (Å²) in [5.41, 5.74) is 4.82. The highest BCUT2D eigenvalue weighted by atomic mass is 16.3. The normalized spacial score (nSPS) is 11.6. The molecule has 0 aliphatic carbocycles. The van der Waals surface area contributed by atoms with Crippen molar-refractivity contribution in [2.75, 3.05) is 6.61 Å². The Morgan fingerprint density at radius 3 is 2.41 bits per heavy atom. The van der Waals surface area contributed by atoms with Crippen LogP contribution in [-0.4, -0.2) is 32.4 Å². The molecular weight excluding hydrogens is 274 g/mol. The molecule has 0 fully saturated rings. The molecule has 0 spiro atoms. The Kier molecular flexibility index (Phi) is 5.75. The lowest BCUT2D eigenvalue weighted by atomic mass is 10.1. The van der Waals surface area contributed by atoms with E-state index in [4.69, 9.17) is 5.11 Å². The third kappa shape index (κ3) is 3.96. The van der Waals surface area contributed by atoms with Gasteiger partial charge >= 0.3 is 0 Å². The maximum atomic E-state index is 9.14. The minimum atomic E-state index is 0.124. The van der Waals surface area contributed by atoms with Crippen LogP contribution in [0.3, 0.4) is 0 Å². The lowest BCUT2D eigenvalue weighted by Gasteiger charge is -2.27. The first-order chi connectivity index (χ1) is 10.5. The summed E-state index contributed by atoms with van der Waals surface area (Å²) in [5, 5.41) is 13.7. The van der Waals surface area contributed by atoms with E-state index in [0.29, 0.717) is 12.6 Å². The van der Waals surface area contributed by atoms with Crippen molar-refractivity contribution in [2.45, 2.75) is 53.4 Å². The first-order valence-corrected chi connectivity index (χ1v) is 7.94. The molecule has 0 saturated carbocycles. The van der Waals surface area contributed by atoms with Crippen LogP contribution in [0.2, 0.25) is 0 Å². The lowest BCUT2D eigenvalue weighted by molar-refractivity contribution is 0.202. The Morgan fingerprint density at radius 1 is 1.14 bits per heavy atom. The Balaban J connectivity index is 2.18. The highest BCUT2D eigenvalue weighted by molar-refractivity contribution is 5.25. The molecule has 4 nitrogen and oxygen atoms in total. The van der Waals surface area contributed by atoms with Gasteiger partial charge in [-0.3, -0.25) is 9.58 Å². The van der Waals surface area contributed by atoms with E-state index < -0.39 is 0 Å². The van der Waals surface area contributed by atoms with Crippen LogP contribution in [0.1, 0.15) is 36.4 Å². The minimum absolute atomic E-state index is 0.124. The fraction of sp³-hybridized carbons (Fsp3) is 0.500. The second-order valence-corrected chi connectivity index (χ2v) is 6.08. The van der Waals surface area contributed by atoms with Gasteiger partial charge in [-0.25, -0.2) is 0 Å². The van der Waals surface area contributed by atoms with E-state index in [2.05, 4.69) is 68.0 Å². The predicted molar refractivity (Wildman–Crippen MR) is 89.6 cm³/mol. The number of hydrogen-bond donors (Lipinski definition) is 1. The summed E-state index contributed by atoms with van der Waals surface area (Å²) in [6, 6.07) is 11.0. The molecule has 2 aromatic rings. The maximum absolute atomic E-state index is 9.14. The first kappa shape index (κ1) is 16.7. The second kappa shape index (κ2) is 7.56. The molecule has 0 atom stereocenters. The van der Waals surface area contributed by atoms with E-state index in [1.807, 2.05) is 4.68 Å². The molecular formula is C18H27N3O. The predicted octanol–water partition coefficient (Wildman–Crippen LogP) is 2.90. The van der Waals surface area contributed by atoms with Gasteiger partial charge in [-0.15, -0.1) is 0 Å². The van der Waals surface area contributed by atoms with Gasteiger partial charge in [0.2, 0.25) is 0 Å². The number of aliphatic hydroxyl groups excluding tert-OH is 1. The van der Waals surface area contributed by atoms with Crippen molar-refractivity contribution in [2.24, 2.45) is 0 Å². The lowest BCUT2D eigenvalue weighted by Crippen LogP contribution is -2.30. The van der Waals surface area contributed by atoms with Crippen molar-refractivity contribution in [1.82, 2.24) is 14.7 Å². The Morgan fingerprint density at radius 2 is 1.82 bits per heavy atom. The quantitative estimate of drug-likeness (QED) is 0.855. The van der Waals surface area contributed by atoms with Crippen molar-refractivity contribution in [3.63, 3.8) is 0 Å². The molecule has 1 N–H and O–H groups in total. The summed E-state index contributed by atoms with van der Waals surface area (Å²) in [6.07, 6.45) is 0. The Hall–Kier alpha value is -1.65. The summed E-state index contributed by atoms with van der Waals surface area (Å²) in [5.74, 6) is 0. The van der Waals surface area contributed by atoms with Crippen molar-refractivity contribution in [3.8, 4) is 0 Å². The zero-order chi connectivity index (χ0) is 16.1. The smallest absolute Gasteiger partial charge is 0.0644 e. The fourth-order valence-corrected chi connectivity index (χ4v) is 2.72. The third-order valence-corrected chi connectivity index (χ3v) is 4.16. The van der Waals surface area contributed by atoms with Gasteiger partial charge in [0.25, 0.3) is 0 Å². The molecule has 1 aromatic heterocycles. The molecule has 4 heteroatoms. The zero-order valence-corrected chi connectivity index (χ0v) is 14.1. The zero-order valence-electron chi connectivity index (χ0n) is 14.1. The van der Waals surface area contributed by atoms with Gasteiger partial charge in [0.05, 0.1) is 18.8 Å². The number of rotatable bonds is 7. The molecule has 1 aromatic carbocycles. The average Bonchev–Trinajstić information content (AvgIpc) is 2.75. The summed E-state index contributed by atoms with van der Waals surface area (Å²) in [6.45, 7) is 11.1. The summed E-state index contributed by atoms with van der Waals surface area (Å²) < 4.78 is 1.91. The molecule has 0 aliphatic heterocycles. The maximum Gasteiger partial charge on any atom is 0.0644 e. The molecule has 0 aliphatic rings. The van der Waals surface area contributed by atoms with E-state index >= 15 is 0 Å². The number of nitrogens with zero attached hydrogens (tertiary/aromatic N) is 3. The SMILES string of the molecule is Cc1nn(CCO)c(C)c1CN(Cc1ccccc1)C(C)C. The second-order valence-electron chi connectivity index (χ2n) is 6.08. The number of hydrogen-bond acceptors (Lipinski definition) is 3. The molecule has 22 heavy (non-hydrogen) atoms. The highest BCUT2D eigenvalue weighted by Crippen LogP contribution is 2.19. The van der Waals surface area contributed by atoms with Crippen LogP contribution in [0.15, 0.2) is 30.3 Å². The molecule has 2 rings (SSSR count). The van der Waals surface area contributed by atoms with Crippen LogP contribution in [0.4, 0.5) is 0 Å². The van der Waals surface area contributed by atoms with Crippen LogP contribution >= 0.6 is 0 Å². The van der Waals surface area contributed by atoms with E-state index in [9.17, 15) is 0 Å². The van der Waals surface area contributed by atoms with Gasteiger partial charge in [-0.1, -0.05) is 30.3 Å². The molecule has 0 amide bonds. The van der Waals surface area contributed by atoms with E-state index in [1.165, 1.54) is 11.1 Å².